The predicted octanol–water partition coefficient (Wildman–Crippen LogP) is 1.90. The summed E-state index contributed by atoms with van der Waals surface area (Å²) in [5.41, 5.74) is 0.483. The van der Waals surface area contributed by atoms with E-state index >= 15 is 0 Å². The van der Waals surface area contributed by atoms with Crippen LogP contribution < -0.4 is 0 Å². The number of esters is 1. The van der Waals surface area contributed by atoms with E-state index in [2.05, 4.69) is 6.58 Å². The highest BCUT2D eigenvalue weighted by molar-refractivity contribution is 5.87. The van der Waals surface area contributed by atoms with Crippen molar-refractivity contribution >= 4 is 5.97 Å². The minimum Gasteiger partial charge on any atom is -0.459 e. The fourth-order valence-electron chi connectivity index (χ4n) is 4.41. The van der Waals surface area contributed by atoms with Crippen molar-refractivity contribution < 1.29 is 14.6 Å². The monoisotopic (exact) mass is 236 g/mol. The minimum absolute atomic E-state index is 0.0756. The summed E-state index contributed by atoms with van der Waals surface area (Å²) in [6.07, 6.45) is 4.10. The van der Waals surface area contributed by atoms with E-state index in [1.54, 1.807) is 6.92 Å². The summed E-state index contributed by atoms with van der Waals surface area (Å²) in [5.74, 6) is 1.89. The Balaban J connectivity index is 1.70. The molecule has 3 aliphatic carbocycles. The van der Waals surface area contributed by atoms with Crippen molar-refractivity contribution in [1.29, 1.82) is 0 Å². The number of aliphatic hydroxyl groups excluding tert-OH is 1. The summed E-state index contributed by atoms with van der Waals surface area (Å²) in [5, 5.41) is 9.90. The summed E-state index contributed by atoms with van der Waals surface area (Å²) in [6, 6.07) is 0. The van der Waals surface area contributed by atoms with E-state index in [1.165, 1.54) is 0 Å². The molecule has 3 saturated carbocycles. The number of rotatable bonds is 2. The first-order valence-electron chi connectivity index (χ1n) is 6.62. The third-order valence-corrected chi connectivity index (χ3v) is 5.02. The van der Waals surface area contributed by atoms with Gasteiger partial charge in [0.2, 0.25) is 0 Å². The molecule has 3 nitrogen and oxygen atoms in total. The normalized spacial score (nSPS) is 46.9. The summed E-state index contributed by atoms with van der Waals surface area (Å²) in [6.45, 7) is 5.32. The van der Waals surface area contributed by atoms with Crippen molar-refractivity contribution in [3.05, 3.63) is 12.2 Å². The molecule has 0 amide bonds. The molecular formula is C14H20O3. The lowest BCUT2D eigenvalue weighted by atomic mass is 9.79. The Bertz CT molecular complexity index is 362. The van der Waals surface area contributed by atoms with Crippen LogP contribution in [0, 0.1) is 23.7 Å². The van der Waals surface area contributed by atoms with Gasteiger partial charge in [0.05, 0.1) is 6.10 Å². The van der Waals surface area contributed by atoms with Gasteiger partial charge in [0, 0.05) is 11.5 Å². The Kier molecular flexibility index (Phi) is 2.54. The van der Waals surface area contributed by atoms with Gasteiger partial charge in [0.25, 0.3) is 0 Å². The second kappa shape index (κ2) is 3.84. The first-order chi connectivity index (χ1) is 8.08. The minimum atomic E-state index is -0.251. The van der Waals surface area contributed by atoms with Gasteiger partial charge in [0.15, 0.2) is 0 Å². The molecule has 3 rings (SSSR count). The number of carbonyl (C=O) groups excluding carboxylic acids is 1. The molecule has 0 aromatic rings. The maximum atomic E-state index is 11.6. The van der Waals surface area contributed by atoms with Gasteiger partial charge < -0.3 is 9.84 Å². The SMILES string of the molecule is C=C(C)C(=O)OC1CCC2C3C[C@@H](CC3O)C12. The molecule has 3 heteroatoms. The van der Waals surface area contributed by atoms with E-state index in [0.717, 1.165) is 25.7 Å². The fourth-order valence-corrected chi connectivity index (χ4v) is 4.41. The van der Waals surface area contributed by atoms with Crippen LogP contribution in [0.5, 0.6) is 0 Å². The number of ether oxygens (including phenoxy) is 1. The number of hydrogen-bond acceptors (Lipinski definition) is 3. The first kappa shape index (κ1) is 11.3. The van der Waals surface area contributed by atoms with Gasteiger partial charge in [-0.15, -0.1) is 0 Å². The van der Waals surface area contributed by atoms with Gasteiger partial charge in [-0.05, 0) is 50.4 Å². The van der Waals surface area contributed by atoms with Crippen LogP contribution in [-0.2, 0) is 9.53 Å². The van der Waals surface area contributed by atoms with Crippen LogP contribution in [-0.4, -0.2) is 23.3 Å². The van der Waals surface area contributed by atoms with Crippen LogP contribution in [0.1, 0.15) is 32.6 Å². The summed E-state index contributed by atoms with van der Waals surface area (Å²) < 4.78 is 5.55. The molecule has 2 bridgehead atoms. The maximum absolute atomic E-state index is 11.6. The van der Waals surface area contributed by atoms with E-state index in [1.807, 2.05) is 0 Å². The van der Waals surface area contributed by atoms with Crippen LogP contribution in [0.3, 0.4) is 0 Å². The molecule has 0 saturated heterocycles. The highest BCUT2D eigenvalue weighted by atomic mass is 16.5. The molecule has 0 aromatic carbocycles. The third kappa shape index (κ3) is 1.63. The standard InChI is InChI=1S/C14H20O3/c1-7(2)14(16)17-12-4-3-9-10-5-8(13(9)12)6-11(10)15/h8-13,15H,1,3-6H2,2H3/t8-,9?,10?,11?,12?,13?/m0/s1. The molecule has 0 aliphatic heterocycles. The van der Waals surface area contributed by atoms with Crippen LogP contribution >= 0.6 is 0 Å². The van der Waals surface area contributed by atoms with Crippen LogP contribution in [0.25, 0.3) is 0 Å². The van der Waals surface area contributed by atoms with E-state index in [4.69, 9.17) is 4.74 Å². The van der Waals surface area contributed by atoms with Crippen molar-refractivity contribution in [1.82, 2.24) is 0 Å². The van der Waals surface area contributed by atoms with E-state index < -0.39 is 0 Å². The van der Waals surface area contributed by atoms with Gasteiger partial charge in [-0.25, -0.2) is 4.79 Å². The third-order valence-electron chi connectivity index (χ3n) is 5.02. The molecule has 94 valence electrons. The van der Waals surface area contributed by atoms with Crippen molar-refractivity contribution in [3.8, 4) is 0 Å². The lowest BCUT2D eigenvalue weighted by molar-refractivity contribution is -0.147. The zero-order chi connectivity index (χ0) is 12.2. The van der Waals surface area contributed by atoms with Crippen molar-refractivity contribution in [2.75, 3.05) is 0 Å². The lowest BCUT2D eigenvalue weighted by Gasteiger charge is -2.31. The number of carbonyl (C=O) groups is 1. The fraction of sp³-hybridized carbons (Fsp3) is 0.786. The van der Waals surface area contributed by atoms with Gasteiger partial charge in [-0.2, -0.15) is 0 Å². The first-order valence-corrected chi connectivity index (χ1v) is 6.62. The highest BCUT2D eigenvalue weighted by Crippen LogP contribution is 2.59. The molecule has 3 fully saturated rings. The molecule has 6 atom stereocenters. The van der Waals surface area contributed by atoms with E-state index in [9.17, 15) is 9.90 Å². The van der Waals surface area contributed by atoms with Crippen LogP contribution in [0.2, 0.25) is 0 Å². The van der Waals surface area contributed by atoms with Crippen molar-refractivity contribution in [3.63, 3.8) is 0 Å². The van der Waals surface area contributed by atoms with Crippen molar-refractivity contribution in [2.24, 2.45) is 23.7 Å². The Labute approximate surface area is 102 Å². The molecule has 17 heavy (non-hydrogen) atoms. The summed E-state index contributed by atoms with van der Waals surface area (Å²) in [4.78, 5) is 11.6. The second-order valence-electron chi connectivity index (χ2n) is 6.01. The highest BCUT2D eigenvalue weighted by Gasteiger charge is 2.57. The maximum Gasteiger partial charge on any atom is 0.333 e. The predicted molar refractivity (Wildman–Crippen MR) is 63.1 cm³/mol. The Morgan fingerprint density at radius 3 is 2.76 bits per heavy atom. The number of hydrogen-bond donors (Lipinski definition) is 1. The van der Waals surface area contributed by atoms with E-state index in [0.29, 0.717) is 29.2 Å². The molecule has 0 heterocycles. The second-order valence-corrected chi connectivity index (χ2v) is 6.01. The summed E-state index contributed by atoms with van der Waals surface area (Å²) in [7, 11) is 0. The van der Waals surface area contributed by atoms with E-state index in [-0.39, 0.29) is 18.2 Å². The van der Waals surface area contributed by atoms with Gasteiger partial charge in [-0.1, -0.05) is 6.58 Å². The van der Waals surface area contributed by atoms with Crippen LogP contribution in [0.15, 0.2) is 12.2 Å². The number of fused-ring (bicyclic) bond motifs is 5. The Morgan fingerprint density at radius 1 is 1.29 bits per heavy atom. The lowest BCUT2D eigenvalue weighted by Crippen LogP contribution is -2.34. The smallest absolute Gasteiger partial charge is 0.333 e. The molecule has 0 aromatic heterocycles. The van der Waals surface area contributed by atoms with Gasteiger partial charge in [-0.3, -0.25) is 0 Å². The van der Waals surface area contributed by atoms with Crippen LogP contribution in [0.4, 0.5) is 0 Å². The quantitative estimate of drug-likeness (QED) is 0.588. The molecule has 5 unspecified atom stereocenters. The molecule has 0 radical (unpaired) electrons. The zero-order valence-electron chi connectivity index (χ0n) is 10.3. The Morgan fingerprint density at radius 2 is 2.06 bits per heavy atom. The average Bonchev–Trinajstić information content (AvgIpc) is 2.89. The number of aliphatic hydroxyl groups is 1. The molecule has 3 aliphatic rings. The van der Waals surface area contributed by atoms with Gasteiger partial charge >= 0.3 is 5.97 Å². The van der Waals surface area contributed by atoms with Gasteiger partial charge in [0.1, 0.15) is 6.10 Å². The average molecular weight is 236 g/mol. The zero-order valence-corrected chi connectivity index (χ0v) is 10.3. The molecule has 0 spiro atoms. The molecular weight excluding hydrogens is 216 g/mol. The largest absolute Gasteiger partial charge is 0.459 e. The topological polar surface area (TPSA) is 46.5 Å². The summed E-state index contributed by atoms with van der Waals surface area (Å²) >= 11 is 0. The Hall–Kier alpha value is -0.830. The van der Waals surface area contributed by atoms with Crippen molar-refractivity contribution in [2.45, 2.75) is 44.8 Å². The molecule has 1 N–H and O–H groups in total.